The second-order valence-electron chi connectivity index (χ2n) is 6.12. The van der Waals surface area contributed by atoms with Crippen LogP contribution in [0.15, 0.2) is 54.9 Å². The molecule has 0 bridgehead atoms. The van der Waals surface area contributed by atoms with Gasteiger partial charge in [0.15, 0.2) is 0 Å². The van der Waals surface area contributed by atoms with Crippen LogP contribution >= 0.6 is 0 Å². The molecule has 0 radical (unpaired) electrons. The van der Waals surface area contributed by atoms with Crippen LogP contribution in [-0.2, 0) is 6.54 Å². The number of hydrogen-bond acceptors (Lipinski definition) is 3. The summed E-state index contributed by atoms with van der Waals surface area (Å²) in [5, 5.41) is 10.4. The summed E-state index contributed by atoms with van der Waals surface area (Å²) in [4.78, 5) is 16.8. The minimum atomic E-state index is -0.121. The molecule has 6 nitrogen and oxygen atoms in total. The zero-order valence-corrected chi connectivity index (χ0v) is 14.8. The van der Waals surface area contributed by atoms with E-state index < -0.39 is 0 Å². The van der Waals surface area contributed by atoms with Gasteiger partial charge in [0, 0.05) is 29.7 Å². The fourth-order valence-corrected chi connectivity index (χ4v) is 2.96. The number of nitrogens with two attached hydrogens (primary N) is 1. The number of amidine groups is 1. The van der Waals surface area contributed by atoms with Gasteiger partial charge in [-0.25, -0.2) is 0 Å². The Morgan fingerprint density at radius 3 is 2.58 bits per heavy atom. The summed E-state index contributed by atoms with van der Waals surface area (Å²) in [6, 6.07) is 13.0. The van der Waals surface area contributed by atoms with Gasteiger partial charge in [-0.05, 0) is 37.6 Å². The Labute approximate surface area is 152 Å². The highest BCUT2D eigenvalue weighted by molar-refractivity contribution is 5.96. The maximum atomic E-state index is 12.6. The van der Waals surface area contributed by atoms with Crippen LogP contribution in [-0.4, -0.2) is 21.3 Å². The first-order valence-electron chi connectivity index (χ1n) is 8.28. The number of pyridine rings is 1. The second-order valence-corrected chi connectivity index (χ2v) is 6.12. The van der Waals surface area contributed by atoms with E-state index in [-0.39, 0.29) is 11.7 Å². The third-order valence-electron chi connectivity index (χ3n) is 4.30. The molecule has 0 fully saturated rings. The van der Waals surface area contributed by atoms with E-state index in [1.165, 1.54) is 0 Å². The van der Waals surface area contributed by atoms with Crippen molar-refractivity contribution in [3.63, 3.8) is 0 Å². The predicted molar refractivity (Wildman–Crippen MR) is 102 cm³/mol. The van der Waals surface area contributed by atoms with Crippen molar-refractivity contribution in [1.82, 2.24) is 14.9 Å². The van der Waals surface area contributed by atoms with E-state index in [9.17, 15) is 4.79 Å². The topological polar surface area (TPSA) is 96.8 Å². The highest BCUT2D eigenvalue weighted by Crippen LogP contribution is 2.20. The van der Waals surface area contributed by atoms with Gasteiger partial charge in [-0.3, -0.25) is 15.2 Å². The number of carbonyl (C=O) groups excluding carboxylic acids is 1. The third-order valence-corrected chi connectivity index (χ3v) is 4.30. The lowest BCUT2D eigenvalue weighted by Crippen LogP contribution is -2.23. The third kappa shape index (κ3) is 3.49. The van der Waals surface area contributed by atoms with Crippen LogP contribution in [0.1, 0.15) is 32.9 Å². The lowest BCUT2D eigenvalue weighted by molar-refractivity contribution is 0.0950. The van der Waals surface area contributed by atoms with Crippen molar-refractivity contribution in [3.05, 3.63) is 82.9 Å². The fourth-order valence-electron chi connectivity index (χ4n) is 2.96. The van der Waals surface area contributed by atoms with Crippen molar-refractivity contribution in [3.8, 4) is 5.69 Å². The van der Waals surface area contributed by atoms with E-state index in [1.54, 1.807) is 24.5 Å². The molecule has 132 valence electrons. The maximum absolute atomic E-state index is 12.6. The number of hydrogen-bond donors (Lipinski definition) is 3. The van der Waals surface area contributed by atoms with Crippen molar-refractivity contribution in [2.75, 3.05) is 0 Å². The van der Waals surface area contributed by atoms with Crippen molar-refractivity contribution in [2.45, 2.75) is 20.4 Å². The van der Waals surface area contributed by atoms with Crippen LogP contribution < -0.4 is 11.1 Å². The lowest BCUT2D eigenvalue weighted by atomic mass is 10.1. The van der Waals surface area contributed by atoms with Gasteiger partial charge < -0.3 is 15.6 Å². The molecule has 0 saturated heterocycles. The van der Waals surface area contributed by atoms with Gasteiger partial charge in [0.05, 0.1) is 17.4 Å². The summed E-state index contributed by atoms with van der Waals surface area (Å²) < 4.78 is 2.02. The highest BCUT2D eigenvalue weighted by atomic mass is 16.1. The number of aromatic nitrogens is 2. The van der Waals surface area contributed by atoms with Crippen molar-refractivity contribution in [1.29, 1.82) is 5.41 Å². The maximum Gasteiger partial charge on any atom is 0.253 e. The van der Waals surface area contributed by atoms with Gasteiger partial charge in [-0.1, -0.05) is 24.3 Å². The predicted octanol–water partition coefficient (Wildman–Crippen LogP) is 2.70. The van der Waals surface area contributed by atoms with Crippen LogP contribution in [0, 0.1) is 19.3 Å². The average molecular weight is 347 g/mol. The fraction of sp³-hybridized carbons (Fsp3) is 0.150. The first kappa shape index (κ1) is 17.4. The number of benzene rings is 1. The molecule has 0 atom stereocenters. The number of nitrogens with zero attached hydrogens (tertiary/aromatic N) is 2. The van der Waals surface area contributed by atoms with E-state index in [0.29, 0.717) is 17.7 Å². The van der Waals surface area contributed by atoms with Crippen LogP contribution in [0.3, 0.4) is 0 Å². The molecule has 2 aromatic heterocycles. The molecule has 0 spiro atoms. The van der Waals surface area contributed by atoms with Crippen molar-refractivity contribution >= 4 is 11.7 Å². The molecular formula is C20H21N5O. The molecular weight excluding hydrogens is 326 g/mol. The van der Waals surface area contributed by atoms with Gasteiger partial charge in [-0.15, -0.1) is 0 Å². The quantitative estimate of drug-likeness (QED) is 0.489. The summed E-state index contributed by atoms with van der Waals surface area (Å²) in [6.45, 7) is 4.31. The minimum absolute atomic E-state index is 0.0310. The first-order valence-corrected chi connectivity index (χ1v) is 8.28. The molecule has 1 aromatic carbocycles. The van der Waals surface area contributed by atoms with Crippen LogP contribution in [0.5, 0.6) is 0 Å². The number of nitrogen functional groups attached to an aromatic ring is 1. The summed E-state index contributed by atoms with van der Waals surface area (Å²) in [5.41, 5.74) is 10.5. The summed E-state index contributed by atoms with van der Waals surface area (Å²) in [6.07, 6.45) is 3.50. The molecule has 3 rings (SSSR count). The first-order chi connectivity index (χ1) is 12.5. The molecule has 4 N–H and O–H groups in total. The van der Waals surface area contributed by atoms with Gasteiger partial charge >= 0.3 is 0 Å². The van der Waals surface area contributed by atoms with E-state index in [4.69, 9.17) is 11.1 Å². The average Bonchev–Trinajstić information content (AvgIpc) is 2.95. The van der Waals surface area contributed by atoms with Crippen LogP contribution in [0.25, 0.3) is 5.69 Å². The van der Waals surface area contributed by atoms with E-state index in [0.717, 1.165) is 22.6 Å². The standard InChI is InChI=1S/C20H21N5O/c1-13-10-18(14(2)25(13)17-4-3-9-23-12-17)20(26)24-11-15-5-7-16(8-6-15)19(21)22/h3-10,12H,11H2,1-2H3,(H3,21,22)(H,24,26). The highest BCUT2D eigenvalue weighted by Gasteiger charge is 2.16. The number of rotatable bonds is 5. The minimum Gasteiger partial charge on any atom is -0.384 e. The van der Waals surface area contributed by atoms with E-state index in [1.807, 2.05) is 48.7 Å². The molecule has 1 amide bonds. The molecule has 26 heavy (non-hydrogen) atoms. The van der Waals surface area contributed by atoms with Gasteiger partial charge in [0.1, 0.15) is 5.84 Å². The molecule has 0 aliphatic rings. The van der Waals surface area contributed by atoms with Crippen LogP contribution in [0.4, 0.5) is 0 Å². The normalized spacial score (nSPS) is 10.5. The Kier molecular flexibility index (Phi) is 4.84. The Hall–Kier alpha value is -3.41. The summed E-state index contributed by atoms with van der Waals surface area (Å²) in [7, 11) is 0. The SMILES string of the molecule is Cc1cc(C(=O)NCc2ccc(C(=N)N)cc2)c(C)n1-c1cccnc1. The van der Waals surface area contributed by atoms with Gasteiger partial charge in [0.2, 0.25) is 0 Å². The largest absolute Gasteiger partial charge is 0.384 e. The molecule has 0 unspecified atom stereocenters. The van der Waals surface area contributed by atoms with Gasteiger partial charge in [-0.2, -0.15) is 0 Å². The number of carbonyl (C=O) groups is 1. The Morgan fingerprint density at radius 1 is 1.23 bits per heavy atom. The number of aryl methyl sites for hydroxylation is 1. The molecule has 3 aromatic rings. The van der Waals surface area contributed by atoms with Crippen molar-refractivity contribution in [2.24, 2.45) is 5.73 Å². The van der Waals surface area contributed by atoms with Crippen LogP contribution in [0.2, 0.25) is 0 Å². The Bertz CT molecular complexity index is 942. The van der Waals surface area contributed by atoms with E-state index >= 15 is 0 Å². The van der Waals surface area contributed by atoms with Crippen molar-refractivity contribution < 1.29 is 4.79 Å². The number of amides is 1. The second kappa shape index (κ2) is 7.23. The molecule has 6 heteroatoms. The van der Waals surface area contributed by atoms with Gasteiger partial charge in [0.25, 0.3) is 5.91 Å². The number of nitrogens with one attached hydrogen (secondary N) is 2. The zero-order valence-electron chi connectivity index (χ0n) is 14.8. The zero-order chi connectivity index (χ0) is 18.7. The lowest BCUT2D eigenvalue weighted by Gasteiger charge is -2.09. The molecule has 2 heterocycles. The monoisotopic (exact) mass is 347 g/mol. The molecule has 0 aliphatic carbocycles. The summed E-state index contributed by atoms with van der Waals surface area (Å²) >= 11 is 0. The Morgan fingerprint density at radius 2 is 1.96 bits per heavy atom. The smallest absolute Gasteiger partial charge is 0.253 e. The summed E-state index contributed by atoms with van der Waals surface area (Å²) in [5.74, 6) is -0.0905. The Balaban J connectivity index is 1.75. The van der Waals surface area contributed by atoms with E-state index in [2.05, 4.69) is 10.3 Å². The molecule has 0 saturated carbocycles. The molecule has 0 aliphatic heterocycles.